The quantitative estimate of drug-likeness (QED) is 0.262. The van der Waals surface area contributed by atoms with E-state index in [4.69, 9.17) is 0 Å². The van der Waals surface area contributed by atoms with Gasteiger partial charge in [-0.1, -0.05) is 24.3 Å². The first-order chi connectivity index (χ1) is 23.4. The normalized spacial score (nSPS) is 21.6. The Labute approximate surface area is 294 Å². The van der Waals surface area contributed by atoms with Crippen LogP contribution in [0.15, 0.2) is 36.4 Å². The van der Waals surface area contributed by atoms with E-state index in [9.17, 15) is 14.4 Å². The van der Waals surface area contributed by atoms with E-state index in [-0.39, 0.29) is 45.0 Å². The Hall–Kier alpha value is -3.23. The molecule has 3 saturated heterocycles. The van der Waals surface area contributed by atoms with Crippen molar-refractivity contribution in [2.24, 2.45) is 0 Å². The number of nitrogens with one attached hydrogen (secondary N) is 4. The van der Waals surface area contributed by atoms with Gasteiger partial charge in [0.05, 0.1) is 5.69 Å². The summed E-state index contributed by atoms with van der Waals surface area (Å²) in [6, 6.07) is 12.1. The number of rotatable bonds is 6. The fraction of sp³-hybridized carbons (Fsp3) is 0.556. The van der Waals surface area contributed by atoms with Gasteiger partial charge in [-0.15, -0.1) is 0 Å². The molecule has 3 fully saturated rings. The summed E-state index contributed by atoms with van der Waals surface area (Å²) in [5.74, 6) is 0.0129. The Balaban J connectivity index is 1.01. The second-order valence-corrected chi connectivity index (χ2v) is 15.6. The van der Waals surface area contributed by atoms with E-state index in [1.54, 1.807) is 0 Å². The first-order valence-electron chi connectivity index (χ1n) is 17.7. The number of halogens is 1. The van der Waals surface area contributed by atoms with Gasteiger partial charge in [-0.25, -0.2) is 9.59 Å². The highest BCUT2D eigenvalue weighted by Crippen LogP contribution is 2.30. The molecule has 4 N–H and O–H groups in total. The van der Waals surface area contributed by atoms with E-state index >= 15 is 0 Å². The van der Waals surface area contributed by atoms with Gasteiger partial charge in [-0.3, -0.25) is 9.69 Å². The second kappa shape index (κ2) is 15.1. The first-order valence-corrected chi connectivity index (χ1v) is 20.0. The molecular weight excluding hydrogens is 719 g/mol. The number of piperidine rings is 2. The number of likely N-dealkylation sites (tertiary alicyclic amines) is 1. The van der Waals surface area contributed by atoms with Crippen molar-refractivity contribution < 1.29 is 14.4 Å². The lowest BCUT2D eigenvalue weighted by atomic mass is 9.98. The Morgan fingerprint density at radius 2 is 1.75 bits per heavy atom. The molecular formula is C36H49IN8O3. The maximum absolute atomic E-state index is 14.3. The van der Waals surface area contributed by atoms with E-state index in [2.05, 4.69) is 53.5 Å². The third-order valence-corrected chi connectivity index (χ3v) is 12.6. The summed E-state index contributed by atoms with van der Waals surface area (Å²) < 4.78 is 5.83. The van der Waals surface area contributed by atoms with Crippen molar-refractivity contribution in [3.05, 3.63) is 58.7 Å². The molecule has 258 valence electrons. The molecule has 2 aromatic rings. The smallest absolute Gasteiger partial charge is 0.322 e. The Morgan fingerprint density at radius 1 is 0.938 bits per heavy atom. The number of hydrogen-bond acceptors (Lipinski definition) is 6. The van der Waals surface area contributed by atoms with Gasteiger partial charge in [0, 0.05) is 75.6 Å². The third-order valence-electron chi connectivity index (χ3n) is 10.8. The van der Waals surface area contributed by atoms with E-state index in [0.29, 0.717) is 58.0 Å². The summed E-state index contributed by atoms with van der Waals surface area (Å²) in [7, 11) is 0. The van der Waals surface area contributed by atoms with Crippen molar-refractivity contribution >= 4 is 54.4 Å². The van der Waals surface area contributed by atoms with Crippen LogP contribution in [0.2, 0.25) is 0 Å². The monoisotopic (exact) mass is 768 g/mol. The summed E-state index contributed by atoms with van der Waals surface area (Å²) >= 11 is -0.188. The summed E-state index contributed by atoms with van der Waals surface area (Å²) in [4.78, 5) is 49.6. The summed E-state index contributed by atoms with van der Waals surface area (Å²) in [5.41, 5.74) is 6.71. The van der Waals surface area contributed by atoms with Gasteiger partial charge in [0.2, 0.25) is 5.91 Å². The molecule has 11 nitrogen and oxygen atoms in total. The highest BCUT2D eigenvalue weighted by molar-refractivity contribution is 14.2. The minimum Gasteiger partial charge on any atom is -0.340 e. The summed E-state index contributed by atoms with van der Waals surface area (Å²) in [6.45, 7) is 9.28. The lowest BCUT2D eigenvalue weighted by Gasteiger charge is -2.38. The molecule has 0 aromatic heterocycles. The maximum atomic E-state index is 14.3. The zero-order valence-electron chi connectivity index (χ0n) is 28.0. The maximum Gasteiger partial charge on any atom is 0.322 e. The molecule has 2 aromatic carbocycles. The van der Waals surface area contributed by atoms with Crippen LogP contribution in [0.3, 0.4) is 0 Å². The molecule has 5 heterocycles. The molecule has 0 aliphatic carbocycles. The van der Waals surface area contributed by atoms with Crippen molar-refractivity contribution in [1.29, 1.82) is 0 Å². The Morgan fingerprint density at radius 3 is 2.58 bits per heavy atom. The largest absolute Gasteiger partial charge is 0.340 e. The number of carbonyl (C=O) groups is 3. The number of nitrogens with zero attached hydrogens (tertiary/aromatic N) is 4. The average molecular weight is 769 g/mol. The van der Waals surface area contributed by atoms with Crippen molar-refractivity contribution in [3.8, 4) is 0 Å². The summed E-state index contributed by atoms with van der Waals surface area (Å²) in [6.07, 6.45) is 5.96. The standard InChI is InChI=1S/C36H49IN8O3/c1-25-21-26(22-28-24-37-41-33(25)28)23-32(34(46)43-15-4-14-42(19-20-43)29-7-12-38-13-8-29)40-35(47)44-16-10-30(11-17-44)45-18-9-27-5-2-3-6-31(27)39-36(45)48/h2-3,5-6,21-22,24,29-30,32,38,41H,4,7-20,23H2,1H3,(H,39,48)(H,40,47). The number of para-hydroxylation sites is 1. The summed E-state index contributed by atoms with van der Waals surface area (Å²) in [5, 5.41) is 9.75. The number of fused-ring (bicyclic) bond motifs is 2. The second-order valence-electron chi connectivity index (χ2n) is 13.8. The van der Waals surface area contributed by atoms with E-state index < -0.39 is 6.04 Å². The molecule has 5 aliphatic heterocycles. The minimum atomic E-state index is -0.642. The van der Waals surface area contributed by atoms with Crippen molar-refractivity contribution in [1.82, 2.24) is 30.2 Å². The predicted octanol–water partition coefficient (Wildman–Crippen LogP) is 3.92. The molecule has 48 heavy (non-hydrogen) atoms. The fourth-order valence-electron chi connectivity index (χ4n) is 8.08. The lowest BCUT2D eigenvalue weighted by Crippen LogP contribution is -2.56. The number of benzene rings is 2. The van der Waals surface area contributed by atoms with Gasteiger partial charge >= 0.3 is 12.1 Å². The topological polar surface area (TPSA) is 112 Å². The molecule has 0 saturated carbocycles. The highest BCUT2D eigenvalue weighted by Gasteiger charge is 2.34. The van der Waals surface area contributed by atoms with Crippen molar-refractivity contribution in [2.45, 2.75) is 70.0 Å². The molecule has 7 rings (SSSR count). The van der Waals surface area contributed by atoms with Gasteiger partial charge in [0.25, 0.3) is 0 Å². The molecule has 1 unspecified atom stereocenters. The number of anilines is 2. The van der Waals surface area contributed by atoms with Crippen LogP contribution in [-0.2, 0) is 17.6 Å². The van der Waals surface area contributed by atoms with Crippen LogP contribution in [0.1, 0.15) is 54.4 Å². The van der Waals surface area contributed by atoms with Crippen LogP contribution in [-0.4, -0.2) is 119 Å². The van der Waals surface area contributed by atoms with Crippen LogP contribution in [0.25, 0.3) is 0 Å². The molecule has 5 aliphatic rings. The van der Waals surface area contributed by atoms with Crippen molar-refractivity contribution in [2.75, 3.05) is 67.7 Å². The number of hydrogen-bond donors (Lipinski definition) is 4. The average Bonchev–Trinajstić information content (AvgIpc) is 3.35. The highest BCUT2D eigenvalue weighted by atomic mass is 127. The van der Waals surface area contributed by atoms with Gasteiger partial charge in [0.1, 0.15) is 6.04 Å². The molecule has 0 spiro atoms. The molecule has 0 radical (unpaired) electrons. The van der Waals surface area contributed by atoms with Gasteiger partial charge < -0.3 is 34.2 Å². The zero-order valence-corrected chi connectivity index (χ0v) is 30.1. The van der Waals surface area contributed by atoms with Gasteiger partial charge in [-0.05, 0) is 112 Å². The van der Waals surface area contributed by atoms with E-state index in [1.807, 2.05) is 32.9 Å². The SMILES string of the molecule is Cc1cc(CC(NC(=O)N2CCC(N3CCc4ccccc4NC3=O)CC2)C(=O)N2CCCN(C3CCNCC3)CC2)cc2c1NI=C2. The van der Waals surface area contributed by atoms with E-state index in [0.717, 1.165) is 68.7 Å². The van der Waals surface area contributed by atoms with Crippen LogP contribution >= 0.6 is 21.0 Å². The third kappa shape index (κ3) is 7.50. The number of urea groups is 2. The van der Waals surface area contributed by atoms with Crippen LogP contribution in [0, 0.1) is 6.92 Å². The minimum absolute atomic E-state index is 0.0129. The van der Waals surface area contributed by atoms with Crippen LogP contribution in [0.4, 0.5) is 21.0 Å². The molecule has 12 heteroatoms. The van der Waals surface area contributed by atoms with Crippen LogP contribution in [0.5, 0.6) is 0 Å². The predicted molar refractivity (Wildman–Crippen MR) is 199 cm³/mol. The van der Waals surface area contributed by atoms with Gasteiger partial charge in [0.15, 0.2) is 0 Å². The van der Waals surface area contributed by atoms with Crippen molar-refractivity contribution in [3.63, 3.8) is 0 Å². The molecule has 0 bridgehead atoms. The number of aryl methyl sites for hydroxylation is 1. The molecule has 1 atom stereocenters. The first kappa shape index (κ1) is 33.3. The number of amides is 5. The Bertz CT molecular complexity index is 1540. The fourth-order valence-corrected chi connectivity index (χ4v) is 10.1. The van der Waals surface area contributed by atoms with Gasteiger partial charge in [-0.2, -0.15) is 0 Å². The van der Waals surface area contributed by atoms with Crippen LogP contribution < -0.4 is 19.5 Å². The number of carbonyl (C=O) groups excluding carboxylic acids is 3. The molecule has 5 amide bonds. The Kier molecular flexibility index (Phi) is 10.5. The lowest BCUT2D eigenvalue weighted by molar-refractivity contribution is -0.133. The van der Waals surface area contributed by atoms with E-state index in [1.165, 1.54) is 16.8 Å². The zero-order chi connectivity index (χ0) is 33.0.